The molecule has 0 saturated carbocycles. The fourth-order valence-corrected chi connectivity index (χ4v) is 2.62. The molecule has 2 rings (SSSR count). The SMILES string of the molecule is Clc1cncc(OCc2ccc(Br)s2)c1. The van der Waals surface area contributed by atoms with E-state index in [4.69, 9.17) is 16.3 Å². The van der Waals surface area contributed by atoms with E-state index >= 15 is 0 Å². The molecule has 5 heteroatoms. The number of ether oxygens (including phenoxy) is 1. The van der Waals surface area contributed by atoms with Gasteiger partial charge in [0.05, 0.1) is 15.0 Å². The number of hydrogen-bond donors (Lipinski definition) is 0. The Morgan fingerprint density at radius 1 is 1.40 bits per heavy atom. The summed E-state index contributed by atoms with van der Waals surface area (Å²) in [5, 5.41) is 0.583. The summed E-state index contributed by atoms with van der Waals surface area (Å²) in [6, 6.07) is 5.77. The second kappa shape index (κ2) is 4.96. The average molecular weight is 305 g/mol. The van der Waals surface area contributed by atoms with Gasteiger partial charge in [-0.15, -0.1) is 11.3 Å². The van der Waals surface area contributed by atoms with Crippen LogP contribution in [-0.4, -0.2) is 4.98 Å². The number of aromatic nitrogens is 1. The van der Waals surface area contributed by atoms with Gasteiger partial charge < -0.3 is 4.74 Å². The van der Waals surface area contributed by atoms with Crippen molar-refractivity contribution in [1.82, 2.24) is 4.98 Å². The highest BCUT2D eigenvalue weighted by Crippen LogP contribution is 2.24. The lowest BCUT2D eigenvalue weighted by Crippen LogP contribution is -1.92. The first-order valence-electron chi connectivity index (χ1n) is 4.21. The Morgan fingerprint density at radius 3 is 2.93 bits per heavy atom. The molecule has 2 aromatic rings. The van der Waals surface area contributed by atoms with E-state index in [0.717, 1.165) is 8.66 Å². The third-order valence-corrected chi connectivity index (χ3v) is 3.49. The van der Waals surface area contributed by atoms with Crippen molar-refractivity contribution in [2.24, 2.45) is 0 Å². The van der Waals surface area contributed by atoms with E-state index in [1.807, 2.05) is 12.1 Å². The minimum atomic E-state index is 0.540. The number of hydrogen-bond acceptors (Lipinski definition) is 3. The van der Waals surface area contributed by atoms with Gasteiger partial charge in [-0.25, -0.2) is 0 Å². The summed E-state index contributed by atoms with van der Waals surface area (Å²) in [6.07, 6.45) is 3.23. The molecule has 2 heterocycles. The predicted molar refractivity (Wildman–Crippen MR) is 65.6 cm³/mol. The topological polar surface area (TPSA) is 22.1 Å². The van der Waals surface area contributed by atoms with E-state index in [2.05, 4.69) is 20.9 Å². The van der Waals surface area contributed by atoms with Crippen molar-refractivity contribution < 1.29 is 4.74 Å². The first-order valence-corrected chi connectivity index (χ1v) is 6.20. The van der Waals surface area contributed by atoms with Crippen molar-refractivity contribution in [3.05, 3.63) is 44.3 Å². The molecule has 0 aliphatic rings. The molecular formula is C10H7BrClNOS. The molecule has 0 radical (unpaired) electrons. The fourth-order valence-electron chi connectivity index (χ4n) is 1.06. The van der Waals surface area contributed by atoms with Crippen LogP contribution in [0, 0.1) is 0 Å². The highest BCUT2D eigenvalue weighted by molar-refractivity contribution is 9.11. The van der Waals surface area contributed by atoms with Crippen molar-refractivity contribution in [1.29, 1.82) is 0 Å². The Bertz CT molecular complexity index is 460. The summed E-state index contributed by atoms with van der Waals surface area (Å²) in [4.78, 5) is 5.09. The highest BCUT2D eigenvalue weighted by Gasteiger charge is 2.00. The number of pyridine rings is 1. The van der Waals surface area contributed by atoms with Crippen molar-refractivity contribution in [3.63, 3.8) is 0 Å². The molecule has 0 bridgehead atoms. The molecule has 0 fully saturated rings. The molecular weight excluding hydrogens is 298 g/mol. The van der Waals surface area contributed by atoms with Crippen LogP contribution in [0.2, 0.25) is 5.02 Å². The van der Waals surface area contributed by atoms with Gasteiger partial charge in [-0.3, -0.25) is 4.98 Å². The van der Waals surface area contributed by atoms with Crippen LogP contribution in [0.4, 0.5) is 0 Å². The molecule has 0 saturated heterocycles. The molecule has 0 unspecified atom stereocenters. The Hall–Kier alpha value is -0.580. The summed E-state index contributed by atoms with van der Waals surface area (Å²) < 4.78 is 6.63. The maximum absolute atomic E-state index is 5.78. The second-order valence-electron chi connectivity index (χ2n) is 2.83. The van der Waals surface area contributed by atoms with E-state index in [9.17, 15) is 0 Å². The summed E-state index contributed by atoms with van der Waals surface area (Å²) in [5.74, 6) is 0.687. The normalized spacial score (nSPS) is 10.3. The predicted octanol–water partition coefficient (Wildman–Crippen LogP) is 4.14. The van der Waals surface area contributed by atoms with Crippen LogP contribution in [-0.2, 0) is 6.61 Å². The van der Waals surface area contributed by atoms with Gasteiger partial charge >= 0.3 is 0 Å². The summed E-state index contributed by atoms with van der Waals surface area (Å²) in [6.45, 7) is 0.540. The third-order valence-electron chi connectivity index (χ3n) is 1.69. The lowest BCUT2D eigenvalue weighted by molar-refractivity contribution is 0.308. The first kappa shape index (κ1) is 10.9. The zero-order valence-electron chi connectivity index (χ0n) is 7.61. The standard InChI is InChI=1S/C10H7BrClNOS/c11-10-2-1-9(15-10)6-14-8-3-7(12)4-13-5-8/h1-5H,6H2. The molecule has 15 heavy (non-hydrogen) atoms. The van der Waals surface area contributed by atoms with E-state index < -0.39 is 0 Å². The molecule has 0 aliphatic carbocycles. The Kier molecular flexibility index (Phi) is 3.61. The van der Waals surface area contributed by atoms with Crippen LogP contribution in [0.3, 0.4) is 0 Å². The zero-order chi connectivity index (χ0) is 10.7. The lowest BCUT2D eigenvalue weighted by atomic mass is 10.4. The van der Waals surface area contributed by atoms with Gasteiger partial charge in [-0.05, 0) is 28.1 Å². The van der Waals surface area contributed by atoms with Gasteiger partial charge in [0.15, 0.2) is 0 Å². The van der Waals surface area contributed by atoms with Gasteiger partial charge in [0.1, 0.15) is 12.4 Å². The van der Waals surface area contributed by atoms with Crippen molar-refractivity contribution in [3.8, 4) is 5.75 Å². The third kappa shape index (κ3) is 3.19. The Balaban J connectivity index is 1.99. The molecule has 2 nitrogen and oxygen atoms in total. The molecule has 78 valence electrons. The van der Waals surface area contributed by atoms with Crippen molar-refractivity contribution in [2.75, 3.05) is 0 Å². The minimum absolute atomic E-state index is 0.540. The number of rotatable bonds is 3. The van der Waals surface area contributed by atoms with Gasteiger partial charge in [-0.1, -0.05) is 11.6 Å². The quantitative estimate of drug-likeness (QED) is 0.850. The monoisotopic (exact) mass is 303 g/mol. The van der Waals surface area contributed by atoms with Crippen LogP contribution in [0.1, 0.15) is 4.88 Å². The van der Waals surface area contributed by atoms with Crippen LogP contribution in [0.25, 0.3) is 0 Å². The Morgan fingerprint density at radius 2 is 2.27 bits per heavy atom. The molecule has 0 atom stereocenters. The average Bonchev–Trinajstić information content (AvgIpc) is 2.62. The molecule has 2 aromatic heterocycles. The van der Waals surface area contributed by atoms with E-state index in [1.165, 1.54) is 0 Å². The maximum atomic E-state index is 5.78. The minimum Gasteiger partial charge on any atom is -0.486 e. The van der Waals surface area contributed by atoms with Crippen molar-refractivity contribution >= 4 is 38.9 Å². The summed E-state index contributed by atoms with van der Waals surface area (Å²) in [7, 11) is 0. The largest absolute Gasteiger partial charge is 0.486 e. The Labute approximate surface area is 105 Å². The first-order chi connectivity index (χ1) is 7.24. The van der Waals surface area contributed by atoms with Gasteiger partial charge in [-0.2, -0.15) is 0 Å². The van der Waals surface area contributed by atoms with Crippen LogP contribution in [0.15, 0.2) is 34.4 Å². The van der Waals surface area contributed by atoms with E-state index in [0.29, 0.717) is 17.4 Å². The smallest absolute Gasteiger partial charge is 0.139 e. The molecule has 0 N–H and O–H groups in total. The molecule has 0 aromatic carbocycles. The summed E-state index contributed by atoms with van der Waals surface area (Å²) >= 11 is 10.8. The number of nitrogens with zero attached hydrogens (tertiary/aromatic N) is 1. The van der Waals surface area contributed by atoms with E-state index in [-0.39, 0.29) is 0 Å². The van der Waals surface area contributed by atoms with Crippen molar-refractivity contribution in [2.45, 2.75) is 6.61 Å². The fraction of sp³-hybridized carbons (Fsp3) is 0.100. The highest BCUT2D eigenvalue weighted by atomic mass is 79.9. The number of thiophene rings is 1. The maximum Gasteiger partial charge on any atom is 0.139 e. The molecule has 0 spiro atoms. The van der Waals surface area contributed by atoms with Gasteiger partial charge in [0.2, 0.25) is 0 Å². The van der Waals surface area contributed by atoms with Crippen LogP contribution in [0.5, 0.6) is 5.75 Å². The van der Waals surface area contributed by atoms with Crippen LogP contribution < -0.4 is 4.74 Å². The zero-order valence-corrected chi connectivity index (χ0v) is 10.8. The van der Waals surface area contributed by atoms with Crippen LogP contribution >= 0.6 is 38.9 Å². The number of halogens is 2. The second-order valence-corrected chi connectivity index (χ2v) is 5.82. The molecule has 0 aliphatic heterocycles. The van der Waals surface area contributed by atoms with Gasteiger partial charge in [0.25, 0.3) is 0 Å². The molecule has 0 amide bonds. The van der Waals surface area contributed by atoms with E-state index in [1.54, 1.807) is 29.8 Å². The summed E-state index contributed by atoms with van der Waals surface area (Å²) in [5.41, 5.74) is 0. The lowest BCUT2D eigenvalue weighted by Gasteiger charge is -2.03. The van der Waals surface area contributed by atoms with Gasteiger partial charge in [0, 0.05) is 17.1 Å².